The van der Waals surface area contributed by atoms with Gasteiger partial charge in [-0.2, -0.15) is 0 Å². The van der Waals surface area contributed by atoms with Crippen molar-refractivity contribution in [2.45, 2.75) is 129 Å². The molecule has 1 aliphatic heterocycles. The van der Waals surface area contributed by atoms with Gasteiger partial charge in [0.15, 0.2) is 0 Å². The first-order chi connectivity index (χ1) is 19.6. The number of aliphatic hydroxyl groups is 1. The molecular weight excluding hydrogens is 509 g/mol. The van der Waals surface area contributed by atoms with E-state index in [0.717, 1.165) is 55.9 Å². The van der Waals surface area contributed by atoms with Crippen LogP contribution < -0.4 is 5.32 Å². The standard InChI is InChI=1S/C37H58FNO2/c1-25-28(27-9-7-26(22-38)8-10-27)13-16-33(2)29(25)14-17-35(4)32(33)12-11-30-31-6-5-15-37(31,19-18-34(30,35)3)39-21-20-36(40)23-41-24-36/h9,13,25-26,29-32,39-40H,5-8,10-12,14-24H2,1-4H3/t25?,26?,29?,30-,31-,32?,33+,34-,35?,37?/m1/s1. The lowest BCUT2D eigenvalue weighted by Gasteiger charge is -2.71. The lowest BCUT2D eigenvalue weighted by molar-refractivity contribution is -0.213. The summed E-state index contributed by atoms with van der Waals surface area (Å²) < 4.78 is 18.6. The Balaban J connectivity index is 1.11. The average molecular weight is 568 g/mol. The zero-order chi connectivity index (χ0) is 28.7. The molecule has 6 aliphatic carbocycles. The van der Waals surface area contributed by atoms with E-state index in [0.29, 0.717) is 40.9 Å². The largest absolute Gasteiger partial charge is 0.385 e. The third kappa shape index (κ3) is 4.26. The van der Waals surface area contributed by atoms with Gasteiger partial charge in [0.25, 0.3) is 0 Å². The van der Waals surface area contributed by atoms with E-state index in [-0.39, 0.29) is 12.6 Å². The van der Waals surface area contributed by atoms with E-state index in [4.69, 9.17) is 4.74 Å². The van der Waals surface area contributed by atoms with Gasteiger partial charge in [0.05, 0.1) is 19.9 Å². The molecule has 1 heterocycles. The van der Waals surface area contributed by atoms with Gasteiger partial charge in [-0.25, -0.2) is 0 Å². The van der Waals surface area contributed by atoms with E-state index >= 15 is 0 Å². The molecule has 2 N–H and O–H groups in total. The van der Waals surface area contributed by atoms with Crippen molar-refractivity contribution < 1.29 is 14.2 Å². The summed E-state index contributed by atoms with van der Waals surface area (Å²) in [6.07, 6.45) is 22.5. The van der Waals surface area contributed by atoms with Crippen LogP contribution >= 0.6 is 0 Å². The van der Waals surface area contributed by atoms with Crippen LogP contribution in [0.1, 0.15) is 118 Å². The maximum absolute atomic E-state index is 13.3. The normalized spacial score (nSPS) is 50.4. The van der Waals surface area contributed by atoms with Crippen molar-refractivity contribution in [1.29, 1.82) is 0 Å². The average Bonchev–Trinajstić information content (AvgIpc) is 3.37. The Labute approximate surface area is 249 Å². The molecule has 41 heavy (non-hydrogen) atoms. The first-order valence-electron chi connectivity index (χ1n) is 17.6. The lowest BCUT2D eigenvalue weighted by Crippen LogP contribution is -2.67. The summed E-state index contributed by atoms with van der Waals surface area (Å²) >= 11 is 0. The number of allylic oxidation sites excluding steroid dienone is 4. The Kier molecular flexibility index (Phi) is 7.19. The van der Waals surface area contributed by atoms with Crippen LogP contribution in [-0.2, 0) is 4.74 Å². The van der Waals surface area contributed by atoms with Crippen molar-refractivity contribution in [2.75, 3.05) is 26.4 Å². The van der Waals surface area contributed by atoms with Crippen LogP contribution in [0.3, 0.4) is 0 Å². The minimum Gasteiger partial charge on any atom is -0.385 e. The van der Waals surface area contributed by atoms with Crippen LogP contribution in [0.25, 0.3) is 0 Å². The second-order valence-electron chi connectivity index (χ2n) is 16.9. The van der Waals surface area contributed by atoms with Crippen LogP contribution in [-0.4, -0.2) is 42.7 Å². The highest BCUT2D eigenvalue weighted by Crippen LogP contribution is 2.75. The van der Waals surface area contributed by atoms with Crippen molar-refractivity contribution in [2.24, 2.45) is 51.8 Å². The summed E-state index contributed by atoms with van der Waals surface area (Å²) in [6.45, 7) is 12.5. The molecule has 0 amide bonds. The van der Waals surface area contributed by atoms with E-state index in [1.54, 1.807) is 11.1 Å². The molecule has 4 saturated carbocycles. The monoisotopic (exact) mass is 567 g/mol. The van der Waals surface area contributed by atoms with E-state index < -0.39 is 5.60 Å². The van der Waals surface area contributed by atoms with Crippen LogP contribution in [0.2, 0.25) is 0 Å². The van der Waals surface area contributed by atoms with Gasteiger partial charge in [-0.15, -0.1) is 0 Å². The molecule has 0 spiro atoms. The summed E-state index contributed by atoms with van der Waals surface area (Å²) in [6, 6.07) is 0. The predicted molar refractivity (Wildman–Crippen MR) is 164 cm³/mol. The molecule has 4 heteroatoms. The first kappa shape index (κ1) is 29.0. The number of alkyl halides is 1. The molecule has 6 unspecified atom stereocenters. The molecule has 3 nitrogen and oxygen atoms in total. The third-order valence-electron chi connectivity index (χ3n) is 15.5. The zero-order valence-corrected chi connectivity index (χ0v) is 26.6. The number of hydrogen-bond donors (Lipinski definition) is 2. The fraction of sp³-hybridized carbons (Fsp3) is 0.892. The second-order valence-corrected chi connectivity index (χ2v) is 16.9. The highest BCUT2D eigenvalue weighted by Gasteiger charge is 2.68. The number of halogens is 1. The molecule has 7 rings (SSSR count). The fourth-order valence-corrected chi connectivity index (χ4v) is 12.9. The molecule has 0 radical (unpaired) electrons. The van der Waals surface area contributed by atoms with Gasteiger partial charge in [0, 0.05) is 5.54 Å². The van der Waals surface area contributed by atoms with E-state index in [1.165, 1.54) is 64.2 Å². The molecule has 7 aliphatic rings. The van der Waals surface area contributed by atoms with Crippen molar-refractivity contribution in [1.82, 2.24) is 5.32 Å². The number of nitrogens with one attached hydrogen (secondary N) is 1. The Morgan fingerprint density at radius 2 is 1.76 bits per heavy atom. The summed E-state index contributed by atoms with van der Waals surface area (Å²) in [5.41, 5.74) is 4.12. The molecular formula is C37H58FNO2. The van der Waals surface area contributed by atoms with Gasteiger partial charge in [0.2, 0.25) is 0 Å². The maximum Gasteiger partial charge on any atom is 0.112 e. The van der Waals surface area contributed by atoms with E-state index in [2.05, 4.69) is 45.2 Å². The SMILES string of the molecule is CC1C(C2=CCC(CF)CC2)=CC[C@@]2(C)C1CCC1(C)C2CC[C@@H]2[C@H]3CCCC3(NCCC3(O)COC3)CC[C@]21C. The smallest absolute Gasteiger partial charge is 0.112 e. The lowest BCUT2D eigenvalue weighted by atomic mass is 9.34. The van der Waals surface area contributed by atoms with Crippen LogP contribution in [0, 0.1) is 51.8 Å². The summed E-state index contributed by atoms with van der Waals surface area (Å²) in [7, 11) is 0. The molecule has 0 aromatic carbocycles. The van der Waals surface area contributed by atoms with Crippen molar-refractivity contribution >= 4 is 0 Å². The first-order valence-corrected chi connectivity index (χ1v) is 17.6. The topological polar surface area (TPSA) is 41.5 Å². The van der Waals surface area contributed by atoms with Crippen LogP contribution in [0.5, 0.6) is 0 Å². The Morgan fingerprint density at radius 1 is 0.927 bits per heavy atom. The molecule has 5 fully saturated rings. The van der Waals surface area contributed by atoms with Crippen molar-refractivity contribution in [3.05, 3.63) is 23.3 Å². The number of hydrogen-bond acceptors (Lipinski definition) is 3. The fourth-order valence-electron chi connectivity index (χ4n) is 12.9. The predicted octanol–water partition coefficient (Wildman–Crippen LogP) is 8.18. The minimum atomic E-state index is -0.587. The number of fused-ring (bicyclic) bond motifs is 7. The van der Waals surface area contributed by atoms with Gasteiger partial charge in [-0.1, -0.05) is 46.3 Å². The highest BCUT2D eigenvalue weighted by molar-refractivity contribution is 5.38. The van der Waals surface area contributed by atoms with E-state index in [9.17, 15) is 9.50 Å². The Bertz CT molecular complexity index is 1080. The van der Waals surface area contributed by atoms with Gasteiger partial charge in [0.1, 0.15) is 5.60 Å². The number of ether oxygens (including phenoxy) is 1. The molecule has 0 aromatic rings. The van der Waals surface area contributed by atoms with Gasteiger partial charge < -0.3 is 15.2 Å². The molecule has 1 saturated heterocycles. The highest BCUT2D eigenvalue weighted by atomic mass is 19.1. The minimum absolute atomic E-state index is 0.157. The molecule has 230 valence electrons. The summed E-state index contributed by atoms with van der Waals surface area (Å²) in [5, 5.41) is 14.7. The number of rotatable bonds is 6. The second kappa shape index (κ2) is 10.2. The summed E-state index contributed by atoms with van der Waals surface area (Å²) in [5.74, 6) is 4.08. The van der Waals surface area contributed by atoms with E-state index in [1.807, 2.05) is 0 Å². The Hall–Kier alpha value is -0.710. The quantitative estimate of drug-likeness (QED) is 0.340. The summed E-state index contributed by atoms with van der Waals surface area (Å²) in [4.78, 5) is 0. The van der Waals surface area contributed by atoms with Gasteiger partial charge in [-0.05, 0) is 153 Å². The molecule has 0 aromatic heterocycles. The zero-order valence-electron chi connectivity index (χ0n) is 26.6. The van der Waals surface area contributed by atoms with Gasteiger partial charge >= 0.3 is 0 Å². The van der Waals surface area contributed by atoms with Crippen molar-refractivity contribution in [3.8, 4) is 0 Å². The van der Waals surface area contributed by atoms with Crippen LogP contribution in [0.15, 0.2) is 23.3 Å². The molecule has 0 bridgehead atoms. The molecule has 10 atom stereocenters. The maximum atomic E-state index is 13.3. The van der Waals surface area contributed by atoms with Crippen LogP contribution in [0.4, 0.5) is 4.39 Å². The van der Waals surface area contributed by atoms with Gasteiger partial charge in [-0.3, -0.25) is 4.39 Å². The third-order valence-corrected chi connectivity index (χ3v) is 15.5. The Morgan fingerprint density at radius 3 is 2.46 bits per heavy atom. The van der Waals surface area contributed by atoms with Crippen molar-refractivity contribution in [3.63, 3.8) is 0 Å².